The third kappa shape index (κ3) is 8.50. The first-order chi connectivity index (χ1) is 18.7. The summed E-state index contributed by atoms with van der Waals surface area (Å²) >= 11 is 24.2. The number of halogens is 4. The Morgan fingerprint density at radius 2 is 1.46 bits per heavy atom. The Bertz CT molecular complexity index is 1310. The Morgan fingerprint density at radius 1 is 0.846 bits per heavy atom. The molecule has 1 fully saturated rings. The smallest absolute Gasteiger partial charge is 0.251 e. The van der Waals surface area contributed by atoms with Gasteiger partial charge in [0.25, 0.3) is 5.91 Å². The number of carbonyl (C=O) groups excluding carboxylic acids is 2. The molecule has 6 nitrogen and oxygen atoms in total. The van der Waals surface area contributed by atoms with E-state index < -0.39 is 11.9 Å². The Kier molecular flexibility index (Phi) is 10.4. The molecule has 0 aromatic heterocycles. The number of benzene rings is 3. The first kappa shape index (κ1) is 29.5. The van der Waals surface area contributed by atoms with Gasteiger partial charge in [-0.3, -0.25) is 14.5 Å². The lowest BCUT2D eigenvalue weighted by molar-refractivity contribution is -0.123. The van der Waals surface area contributed by atoms with Gasteiger partial charge in [-0.15, -0.1) is 0 Å². The Labute approximate surface area is 248 Å². The molecule has 4 rings (SSSR count). The third-order valence-corrected chi connectivity index (χ3v) is 8.32. The number of hydrogen-bond acceptors (Lipinski definition) is 4. The number of nitrogens with one attached hydrogen (secondary N) is 2. The zero-order chi connectivity index (χ0) is 27.9. The maximum atomic E-state index is 13.3. The van der Waals surface area contributed by atoms with Crippen molar-refractivity contribution in [3.63, 3.8) is 0 Å². The summed E-state index contributed by atoms with van der Waals surface area (Å²) in [6, 6.07) is 16.0. The van der Waals surface area contributed by atoms with Gasteiger partial charge < -0.3 is 15.7 Å². The molecule has 0 radical (unpaired) electrons. The van der Waals surface area contributed by atoms with Crippen LogP contribution in [0.25, 0.3) is 0 Å². The monoisotopic (exact) mass is 607 g/mol. The van der Waals surface area contributed by atoms with Gasteiger partial charge in [0.1, 0.15) is 11.8 Å². The molecule has 1 atom stereocenters. The summed E-state index contributed by atoms with van der Waals surface area (Å²) in [4.78, 5) is 28.6. The van der Waals surface area contributed by atoms with Crippen LogP contribution in [0.1, 0.15) is 34.3 Å². The Balaban J connectivity index is 1.33. The quantitative estimate of drug-likeness (QED) is 0.263. The maximum absolute atomic E-state index is 13.3. The topological polar surface area (TPSA) is 81.7 Å². The van der Waals surface area contributed by atoms with Gasteiger partial charge in [-0.1, -0.05) is 64.6 Å². The molecule has 1 aliphatic heterocycles. The number of phenols is 1. The van der Waals surface area contributed by atoms with Gasteiger partial charge in [-0.25, -0.2) is 0 Å². The molecule has 2 amide bonds. The van der Waals surface area contributed by atoms with Crippen LogP contribution in [0.5, 0.6) is 5.75 Å². The number of hydrogen-bond donors (Lipinski definition) is 3. The highest BCUT2D eigenvalue weighted by molar-refractivity contribution is 6.42. The van der Waals surface area contributed by atoms with Crippen LogP contribution in [0.15, 0.2) is 60.7 Å². The summed E-state index contributed by atoms with van der Waals surface area (Å²) in [6.45, 7) is 3.14. The molecule has 10 heteroatoms. The number of nitrogens with zero attached hydrogens (tertiary/aromatic N) is 1. The molecule has 3 N–H and O–H groups in total. The highest BCUT2D eigenvalue weighted by atomic mass is 35.5. The van der Waals surface area contributed by atoms with E-state index in [0.29, 0.717) is 33.1 Å². The first-order valence-electron chi connectivity index (χ1n) is 12.7. The van der Waals surface area contributed by atoms with Crippen molar-refractivity contribution in [1.29, 1.82) is 0 Å². The van der Waals surface area contributed by atoms with E-state index in [1.165, 1.54) is 6.07 Å². The predicted molar refractivity (Wildman–Crippen MR) is 157 cm³/mol. The fraction of sp³-hybridized carbons (Fsp3) is 0.310. The minimum absolute atomic E-state index is 0.130. The lowest BCUT2D eigenvalue weighted by Gasteiger charge is -2.32. The molecule has 3 aromatic carbocycles. The highest BCUT2D eigenvalue weighted by Crippen LogP contribution is 2.25. The standard InChI is InChI=1S/C29H29Cl4N3O3/c30-23-7-3-20(13-25(23)32)17-36-11-9-19(10-12-36)16-34-29(39)27(14-18-1-5-22(37)6-2-18)35-28(38)21-4-8-24(31)26(33)15-21/h1-8,13,15,19,27,37H,9-12,14,16-17H2,(H,34,39)(H,35,38)/t27-/m0/s1. The largest absolute Gasteiger partial charge is 0.508 e. The van der Waals surface area contributed by atoms with Crippen molar-refractivity contribution in [2.45, 2.75) is 31.8 Å². The van der Waals surface area contributed by atoms with E-state index in [1.54, 1.807) is 36.4 Å². The molecule has 1 heterocycles. The number of piperidine rings is 1. The molecule has 1 aliphatic rings. The lowest BCUT2D eigenvalue weighted by atomic mass is 9.96. The zero-order valence-electron chi connectivity index (χ0n) is 21.1. The van der Waals surface area contributed by atoms with Crippen LogP contribution in [0, 0.1) is 5.92 Å². The number of aromatic hydroxyl groups is 1. The minimum atomic E-state index is -0.814. The van der Waals surface area contributed by atoms with E-state index in [9.17, 15) is 14.7 Å². The van der Waals surface area contributed by atoms with Crippen LogP contribution < -0.4 is 10.6 Å². The number of rotatable bonds is 9. The van der Waals surface area contributed by atoms with E-state index in [-0.39, 0.29) is 23.1 Å². The van der Waals surface area contributed by atoms with Crippen LogP contribution in [0.3, 0.4) is 0 Å². The van der Waals surface area contributed by atoms with Gasteiger partial charge in [0.15, 0.2) is 0 Å². The first-order valence-corrected chi connectivity index (χ1v) is 14.2. The summed E-state index contributed by atoms with van der Waals surface area (Å²) in [5, 5.41) is 17.2. The summed E-state index contributed by atoms with van der Waals surface area (Å²) in [5.74, 6) is -0.234. The average Bonchev–Trinajstić information content (AvgIpc) is 2.92. The van der Waals surface area contributed by atoms with Crippen molar-refractivity contribution in [2.75, 3.05) is 19.6 Å². The van der Waals surface area contributed by atoms with Crippen LogP contribution >= 0.6 is 46.4 Å². The molecular weight excluding hydrogens is 580 g/mol. The van der Waals surface area contributed by atoms with E-state index in [4.69, 9.17) is 46.4 Å². The second-order valence-corrected chi connectivity index (χ2v) is 11.4. The van der Waals surface area contributed by atoms with Gasteiger partial charge >= 0.3 is 0 Å². The molecule has 0 bridgehead atoms. The van der Waals surface area contributed by atoms with Crippen molar-refractivity contribution >= 4 is 58.2 Å². The normalized spacial score (nSPS) is 15.1. The van der Waals surface area contributed by atoms with E-state index in [2.05, 4.69) is 15.5 Å². The van der Waals surface area contributed by atoms with Gasteiger partial charge in [0.05, 0.1) is 20.1 Å². The van der Waals surface area contributed by atoms with Crippen molar-refractivity contribution < 1.29 is 14.7 Å². The fourth-order valence-electron chi connectivity index (χ4n) is 4.57. The zero-order valence-corrected chi connectivity index (χ0v) is 24.1. The Hall–Kier alpha value is -2.48. The van der Waals surface area contributed by atoms with Gasteiger partial charge in [0, 0.05) is 25.1 Å². The van der Waals surface area contributed by atoms with Crippen molar-refractivity contribution in [2.24, 2.45) is 5.92 Å². The average molecular weight is 609 g/mol. The number of carbonyl (C=O) groups is 2. The summed E-state index contributed by atoms with van der Waals surface area (Å²) < 4.78 is 0. The molecular formula is C29H29Cl4N3O3. The molecule has 0 spiro atoms. The Morgan fingerprint density at radius 3 is 2.10 bits per heavy atom. The molecule has 1 saturated heterocycles. The van der Waals surface area contributed by atoms with E-state index in [0.717, 1.165) is 43.6 Å². The van der Waals surface area contributed by atoms with Gasteiger partial charge in [0.2, 0.25) is 5.91 Å². The van der Waals surface area contributed by atoms with Crippen molar-refractivity contribution in [3.05, 3.63) is 97.4 Å². The molecule has 3 aromatic rings. The molecule has 0 unspecified atom stereocenters. The van der Waals surface area contributed by atoms with Crippen LogP contribution in [0.4, 0.5) is 0 Å². The molecule has 0 saturated carbocycles. The molecule has 0 aliphatic carbocycles. The maximum Gasteiger partial charge on any atom is 0.251 e. The van der Waals surface area contributed by atoms with Crippen molar-refractivity contribution in [3.8, 4) is 5.75 Å². The number of phenolic OH excluding ortho intramolecular Hbond substituents is 1. The van der Waals surface area contributed by atoms with E-state index >= 15 is 0 Å². The third-order valence-electron chi connectivity index (χ3n) is 6.84. The summed E-state index contributed by atoms with van der Waals surface area (Å²) in [5.41, 5.74) is 2.23. The second-order valence-electron chi connectivity index (χ2n) is 9.74. The number of likely N-dealkylation sites (tertiary alicyclic amines) is 1. The molecule has 39 heavy (non-hydrogen) atoms. The van der Waals surface area contributed by atoms with Gasteiger partial charge in [-0.05, 0) is 85.4 Å². The van der Waals surface area contributed by atoms with Crippen LogP contribution in [0.2, 0.25) is 20.1 Å². The summed E-state index contributed by atoms with van der Waals surface area (Å²) in [6.07, 6.45) is 2.15. The second kappa shape index (κ2) is 13.7. The minimum Gasteiger partial charge on any atom is -0.508 e. The lowest BCUT2D eigenvalue weighted by Crippen LogP contribution is -2.49. The van der Waals surface area contributed by atoms with Gasteiger partial charge in [-0.2, -0.15) is 0 Å². The van der Waals surface area contributed by atoms with Crippen molar-refractivity contribution in [1.82, 2.24) is 15.5 Å². The van der Waals surface area contributed by atoms with Crippen LogP contribution in [-0.2, 0) is 17.8 Å². The van der Waals surface area contributed by atoms with Crippen LogP contribution in [-0.4, -0.2) is 47.5 Å². The summed E-state index contributed by atoms with van der Waals surface area (Å²) in [7, 11) is 0. The fourth-order valence-corrected chi connectivity index (χ4v) is 5.19. The predicted octanol–water partition coefficient (Wildman–Crippen LogP) is 6.38. The SMILES string of the molecule is O=C(N[C@@H](Cc1ccc(O)cc1)C(=O)NCC1CCN(Cc2ccc(Cl)c(Cl)c2)CC1)c1ccc(Cl)c(Cl)c1. The molecule has 206 valence electrons. The van der Waals surface area contributed by atoms with E-state index in [1.807, 2.05) is 18.2 Å². The highest BCUT2D eigenvalue weighted by Gasteiger charge is 2.25. The number of amides is 2.